The van der Waals surface area contributed by atoms with E-state index < -0.39 is 54.2 Å². The van der Waals surface area contributed by atoms with Crippen LogP contribution in [0.5, 0.6) is 0 Å². The molecule has 0 aromatic heterocycles. The van der Waals surface area contributed by atoms with E-state index in [2.05, 4.69) is 4.74 Å². The minimum atomic E-state index is -8.30. The van der Waals surface area contributed by atoms with Gasteiger partial charge in [-0.3, -0.25) is 0 Å². The van der Waals surface area contributed by atoms with Crippen LogP contribution < -0.4 is 0 Å². The molecule has 0 heterocycles. The first-order valence-electron chi connectivity index (χ1n) is 9.29. The number of rotatable bonds is 10. The van der Waals surface area contributed by atoms with Crippen molar-refractivity contribution < 1.29 is 70.6 Å². The molecule has 0 saturated carbocycles. The molecule has 1 rings (SSSR count). The Morgan fingerprint density at radius 2 is 1.03 bits per heavy atom. The van der Waals surface area contributed by atoms with Crippen molar-refractivity contribution >= 4 is 0 Å². The van der Waals surface area contributed by atoms with Crippen molar-refractivity contribution in [3.8, 4) is 0 Å². The largest absolute Gasteiger partial charge is 0.460 e. The molecule has 35 heavy (non-hydrogen) atoms. The van der Waals surface area contributed by atoms with Gasteiger partial charge in [-0.05, 0) is 17.0 Å². The van der Waals surface area contributed by atoms with Crippen LogP contribution in [-0.2, 0) is 4.74 Å². The molecular formula is C19H17F15O. The highest BCUT2D eigenvalue weighted by Crippen LogP contribution is 2.63. The number of ether oxygens (including phenoxy) is 1. The molecule has 0 amide bonds. The average Bonchev–Trinajstić information content (AvgIpc) is 2.70. The average molecular weight is 546 g/mol. The predicted molar refractivity (Wildman–Crippen MR) is 90.6 cm³/mol. The van der Waals surface area contributed by atoms with E-state index in [-0.39, 0.29) is 11.5 Å². The van der Waals surface area contributed by atoms with Crippen molar-refractivity contribution in [3.05, 3.63) is 35.4 Å². The van der Waals surface area contributed by atoms with Gasteiger partial charge >= 0.3 is 41.7 Å². The van der Waals surface area contributed by atoms with Crippen LogP contribution in [0.3, 0.4) is 0 Å². The van der Waals surface area contributed by atoms with E-state index in [0.717, 1.165) is 12.1 Å². The first-order chi connectivity index (χ1) is 15.3. The van der Waals surface area contributed by atoms with Crippen molar-refractivity contribution in [2.24, 2.45) is 0 Å². The number of hydrogen-bond donors (Lipinski definition) is 0. The molecule has 0 spiro atoms. The second-order valence-corrected chi connectivity index (χ2v) is 7.83. The molecule has 16 heteroatoms. The fourth-order valence-corrected chi connectivity index (χ4v) is 2.82. The van der Waals surface area contributed by atoms with Crippen LogP contribution >= 0.6 is 0 Å². The number of halogens is 15. The minimum absolute atomic E-state index is 0.282. The molecule has 0 aliphatic heterocycles. The standard InChI is InChI=1S/C19H17F15O/c1-9(2)10-5-4-6-11(7-10)12(35-3)8-13(20,21)14(22,23)15(24,25)16(26,27)17(28,29)18(30,31)19(32,33)34/h4-7,9,12H,8H2,1-3H3. The van der Waals surface area contributed by atoms with Gasteiger partial charge < -0.3 is 4.74 Å². The third-order valence-electron chi connectivity index (χ3n) is 5.07. The van der Waals surface area contributed by atoms with Crippen molar-refractivity contribution in [1.82, 2.24) is 0 Å². The molecule has 0 fully saturated rings. The molecule has 204 valence electrons. The van der Waals surface area contributed by atoms with E-state index in [1.165, 1.54) is 12.1 Å². The first-order valence-corrected chi connectivity index (χ1v) is 9.29. The van der Waals surface area contributed by atoms with Gasteiger partial charge in [0.15, 0.2) is 0 Å². The molecule has 0 N–H and O–H groups in total. The van der Waals surface area contributed by atoms with Gasteiger partial charge in [-0.1, -0.05) is 38.1 Å². The third kappa shape index (κ3) is 4.90. The number of alkyl halides is 15. The van der Waals surface area contributed by atoms with E-state index in [9.17, 15) is 65.9 Å². The van der Waals surface area contributed by atoms with Crippen molar-refractivity contribution in [1.29, 1.82) is 0 Å². The quantitative estimate of drug-likeness (QED) is 0.269. The van der Waals surface area contributed by atoms with Gasteiger partial charge in [0.2, 0.25) is 0 Å². The Kier molecular flexibility index (Phi) is 8.20. The van der Waals surface area contributed by atoms with E-state index in [1.807, 2.05) is 0 Å². The van der Waals surface area contributed by atoms with Crippen molar-refractivity contribution in [2.45, 2.75) is 74.0 Å². The summed E-state index contributed by atoms with van der Waals surface area (Å²) in [5.41, 5.74) is 0.0312. The first kappa shape index (κ1) is 31.2. The fourth-order valence-electron chi connectivity index (χ4n) is 2.82. The molecule has 0 bridgehead atoms. The zero-order valence-electron chi connectivity index (χ0n) is 17.7. The third-order valence-corrected chi connectivity index (χ3v) is 5.07. The van der Waals surface area contributed by atoms with Crippen LogP contribution in [0.4, 0.5) is 65.9 Å². The molecule has 1 atom stereocenters. The summed E-state index contributed by atoms with van der Waals surface area (Å²) in [5.74, 6) is -46.9. The lowest BCUT2D eigenvalue weighted by Crippen LogP contribution is -2.72. The summed E-state index contributed by atoms with van der Waals surface area (Å²) in [5, 5.41) is 0. The van der Waals surface area contributed by atoms with E-state index >= 15 is 0 Å². The lowest BCUT2D eigenvalue weighted by Gasteiger charge is -2.42. The molecule has 0 radical (unpaired) electrons. The summed E-state index contributed by atoms with van der Waals surface area (Å²) in [6, 6.07) is 4.72. The molecular weight excluding hydrogens is 529 g/mol. The smallest absolute Gasteiger partial charge is 0.377 e. The highest BCUT2D eigenvalue weighted by molar-refractivity contribution is 5.28. The SMILES string of the molecule is COC(CC(F)(F)C(F)(F)C(F)(F)C(F)(F)C(F)(F)C(F)(F)C(F)(F)F)c1cccc(C(C)C)c1. The zero-order valence-corrected chi connectivity index (χ0v) is 17.7. The molecule has 1 aromatic carbocycles. The zero-order chi connectivity index (χ0) is 28.1. The Bertz CT molecular complexity index is 873. The number of benzene rings is 1. The number of hydrogen-bond acceptors (Lipinski definition) is 1. The minimum Gasteiger partial charge on any atom is -0.377 e. The Labute approximate surface area is 188 Å². The van der Waals surface area contributed by atoms with Crippen molar-refractivity contribution in [3.63, 3.8) is 0 Å². The van der Waals surface area contributed by atoms with Gasteiger partial charge in [0, 0.05) is 13.5 Å². The maximum Gasteiger partial charge on any atom is 0.460 e. The van der Waals surface area contributed by atoms with Gasteiger partial charge in [0.05, 0.1) is 6.10 Å². The summed E-state index contributed by atoms with van der Waals surface area (Å²) in [6.45, 7) is 3.20. The van der Waals surface area contributed by atoms with Crippen LogP contribution in [0.15, 0.2) is 24.3 Å². The number of methoxy groups -OCH3 is 1. The van der Waals surface area contributed by atoms with Crippen LogP contribution in [0.25, 0.3) is 0 Å². The van der Waals surface area contributed by atoms with Crippen LogP contribution in [0.2, 0.25) is 0 Å². The Morgan fingerprint density at radius 3 is 1.43 bits per heavy atom. The molecule has 1 nitrogen and oxygen atoms in total. The summed E-state index contributed by atoms with van der Waals surface area (Å²) >= 11 is 0. The summed E-state index contributed by atoms with van der Waals surface area (Å²) < 4.78 is 204. The second kappa shape index (κ2) is 9.21. The Morgan fingerprint density at radius 1 is 0.629 bits per heavy atom. The summed E-state index contributed by atoms with van der Waals surface area (Å²) in [7, 11) is 0.617. The molecule has 1 aromatic rings. The Balaban J connectivity index is 3.51. The topological polar surface area (TPSA) is 9.23 Å². The molecule has 0 aliphatic carbocycles. The highest BCUT2D eigenvalue weighted by Gasteiger charge is 2.93. The van der Waals surface area contributed by atoms with E-state index in [4.69, 9.17) is 0 Å². The maximum absolute atomic E-state index is 14.2. The van der Waals surface area contributed by atoms with Gasteiger partial charge in [-0.15, -0.1) is 0 Å². The normalized spacial score (nSPS) is 16.1. The van der Waals surface area contributed by atoms with Crippen LogP contribution in [0.1, 0.15) is 43.4 Å². The molecule has 0 saturated heterocycles. The van der Waals surface area contributed by atoms with E-state index in [1.54, 1.807) is 13.8 Å². The Hall–Kier alpha value is -1.87. The molecule has 1 unspecified atom stereocenters. The highest BCUT2D eigenvalue weighted by atomic mass is 19.4. The van der Waals surface area contributed by atoms with Gasteiger partial charge in [0.1, 0.15) is 0 Å². The predicted octanol–water partition coefficient (Wildman–Crippen LogP) is 8.26. The van der Waals surface area contributed by atoms with E-state index in [0.29, 0.717) is 12.7 Å². The van der Waals surface area contributed by atoms with Gasteiger partial charge in [0.25, 0.3) is 0 Å². The fraction of sp³-hybridized carbons (Fsp3) is 0.684. The second-order valence-electron chi connectivity index (χ2n) is 7.83. The summed E-state index contributed by atoms with van der Waals surface area (Å²) in [4.78, 5) is 0. The van der Waals surface area contributed by atoms with Gasteiger partial charge in [-0.25, -0.2) is 0 Å². The van der Waals surface area contributed by atoms with Gasteiger partial charge in [-0.2, -0.15) is 65.9 Å². The summed E-state index contributed by atoms with van der Waals surface area (Å²) in [6.07, 6.45) is -12.4. The lowest BCUT2D eigenvalue weighted by atomic mass is 9.88. The maximum atomic E-state index is 14.2. The van der Waals surface area contributed by atoms with Crippen LogP contribution in [-0.4, -0.2) is 48.8 Å². The van der Waals surface area contributed by atoms with Crippen molar-refractivity contribution in [2.75, 3.05) is 7.11 Å². The molecule has 0 aliphatic rings. The lowest BCUT2D eigenvalue weighted by molar-refractivity contribution is -0.453. The monoisotopic (exact) mass is 546 g/mol. The van der Waals surface area contributed by atoms with Crippen LogP contribution in [0, 0.1) is 0 Å².